The Morgan fingerprint density at radius 3 is 2.35 bits per heavy atom. The molecule has 0 aliphatic carbocycles. The molecule has 1 unspecified atom stereocenters. The summed E-state index contributed by atoms with van der Waals surface area (Å²) < 4.78 is 0. The zero-order valence-corrected chi connectivity index (χ0v) is 12.0. The number of nitrogens with one attached hydrogen (secondary N) is 1. The molecular formula is C16H27N. The molecule has 1 N–H and O–H groups in total. The summed E-state index contributed by atoms with van der Waals surface area (Å²) in [5.41, 5.74) is 2.89. The summed E-state index contributed by atoms with van der Waals surface area (Å²) in [5.74, 6) is 1.35. The predicted octanol–water partition coefficient (Wildman–Crippen LogP) is 4.19. The molecule has 1 nitrogen and oxygen atoms in total. The summed E-state index contributed by atoms with van der Waals surface area (Å²) in [6, 6.07) is 9.53. The maximum absolute atomic E-state index is 3.58. The quantitative estimate of drug-likeness (QED) is 0.777. The van der Waals surface area contributed by atoms with Crippen molar-refractivity contribution in [1.82, 2.24) is 5.32 Å². The molecule has 0 spiro atoms. The van der Waals surface area contributed by atoms with Crippen LogP contribution in [0.3, 0.4) is 0 Å². The molecule has 0 amide bonds. The van der Waals surface area contributed by atoms with Gasteiger partial charge in [-0.1, -0.05) is 58.9 Å². The Morgan fingerprint density at radius 2 is 1.82 bits per heavy atom. The van der Waals surface area contributed by atoms with Gasteiger partial charge in [-0.2, -0.15) is 0 Å². The lowest BCUT2D eigenvalue weighted by Gasteiger charge is -2.23. The Morgan fingerprint density at radius 1 is 1.12 bits per heavy atom. The highest BCUT2D eigenvalue weighted by Gasteiger charge is 2.14. The number of hydrogen-bond acceptors (Lipinski definition) is 1. The summed E-state index contributed by atoms with van der Waals surface area (Å²) in [4.78, 5) is 0. The summed E-state index contributed by atoms with van der Waals surface area (Å²) >= 11 is 0. The highest BCUT2D eigenvalue weighted by atomic mass is 14.9. The Bertz CT molecular complexity index is 328. The van der Waals surface area contributed by atoms with Crippen LogP contribution < -0.4 is 5.32 Å². The minimum atomic E-state index is 0.479. The smallest absolute Gasteiger partial charge is 0.0343 e. The lowest BCUT2D eigenvalue weighted by atomic mass is 9.93. The molecule has 1 atom stereocenters. The first-order valence-corrected chi connectivity index (χ1v) is 6.86. The van der Waals surface area contributed by atoms with Gasteiger partial charge in [-0.15, -0.1) is 0 Å². The van der Waals surface area contributed by atoms with E-state index in [1.165, 1.54) is 17.5 Å². The zero-order valence-electron chi connectivity index (χ0n) is 12.0. The SMILES string of the molecule is CCNC(c1cccc(CC(C)C)c1)C(C)C. The topological polar surface area (TPSA) is 12.0 Å². The van der Waals surface area contributed by atoms with E-state index in [1.807, 2.05) is 0 Å². The molecule has 1 rings (SSSR count). The van der Waals surface area contributed by atoms with Gasteiger partial charge in [-0.3, -0.25) is 0 Å². The average Bonchev–Trinajstić information content (AvgIpc) is 2.24. The van der Waals surface area contributed by atoms with E-state index in [-0.39, 0.29) is 0 Å². The van der Waals surface area contributed by atoms with Gasteiger partial charge < -0.3 is 5.32 Å². The molecule has 0 aliphatic rings. The molecular weight excluding hydrogens is 206 g/mol. The van der Waals surface area contributed by atoms with E-state index in [2.05, 4.69) is 64.2 Å². The lowest BCUT2D eigenvalue weighted by Crippen LogP contribution is -2.25. The van der Waals surface area contributed by atoms with Crippen molar-refractivity contribution < 1.29 is 0 Å². The average molecular weight is 233 g/mol. The Kier molecular flexibility index (Phi) is 5.70. The van der Waals surface area contributed by atoms with Crippen LogP contribution in [-0.2, 0) is 6.42 Å². The summed E-state index contributed by atoms with van der Waals surface area (Å²) in [5, 5.41) is 3.58. The first kappa shape index (κ1) is 14.2. The van der Waals surface area contributed by atoms with Crippen LogP contribution in [0.15, 0.2) is 24.3 Å². The largest absolute Gasteiger partial charge is 0.310 e. The third-order valence-electron chi connectivity index (χ3n) is 3.04. The fourth-order valence-corrected chi connectivity index (χ4v) is 2.34. The standard InChI is InChI=1S/C16H27N/c1-6-17-16(13(4)5)15-9-7-8-14(11-15)10-12(2)3/h7-9,11-13,16-17H,6,10H2,1-5H3. The van der Waals surface area contributed by atoms with Gasteiger partial charge in [0, 0.05) is 6.04 Å². The van der Waals surface area contributed by atoms with Crippen LogP contribution in [0.25, 0.3) is 0 Å². The molecule has 96 valence electrons. The molecule has 0 fully saturated rings. The molecule has 1 heteroatoms. The van der Waals surface area contributed by atoms with Gasteiger partial charge in [-0.25, -0.2) is 0 Å². The van der Waals surface area contributed by atoms with E-state index in [9.17, 15) is 0 Å². The van der Waals surface area contributed by atoms with Crippen molar-refractivity contribution in [3.05, 3.63) is 35.4 Å². The highest BCUT2D eigenvalue weighted by molar-refractivity contribution is 5.26. The number of hydrogen-bond donors (Lipinski definition) is 1. The van der Waals surface area contributed by atoms with E-state index in [0.29, 0.717) is 12.0 Å². The third-order valence-corrected chi connectivity index (χ3v) is 3.04. The molecule has 1 aromatic carbocycles. The summed E-state index contributed by atoms with van der Waals surface area (Å²) in [6.07, 6.45) is 1.17. The van der Waals surface area contributed by atoms with Gasteiger partial charge in [0.25, 0.3) is 0 Å². The summed E-state index contributed by atoms with van der Waals surface area (Å²) in [6.45, 7) is 12.3. The van der Waals surface area contributed by atoms with Crippen LogP contribution in [0.5, 0.6) is 0 Å². The molecule has 0 aliphatic heterocycles. The van der Waals surface area contributed by atoms with Crippen molar-refractivity contribution >= 4 is 0 Å². The second kappa shape index (κ2) is 6.80. The Hall–Kier alpha value is -0.820. The van der Waals surface area contributed by atoms with Gasteiger partial charge >= 0.3 is 0 Å². The fraction of sp³-hybridized carbons (Fsp3) is 0.625. The highest BCUT2D eigenvalue weighted by Crippen LogP contribution is 2.23. The van der Waals surface area contributed by atoms with E-state index in [0.717, 1.165) is 12.5 Å². The monoisotopic (exact) mass is 233 g/mol. The van der Waals surface area contributed by atoms with Gasteiger partial charge in [0.05, 0.1) is 0 Å². The Balaban J connectivity index is 2.87. The second-order valence-corrected chi connectivity index (χ2v) is 5.62. The van der Waals surface area contributed by atoms with E-state index < -0.39 is 0 Å². The van der Waals surface area contributed by atoms with Crippen molar-refractivity contribution in [3.63, 3.8) is 0 Å². The fourth-order valence-electron chi connectivity index (χ4n) is 2.34. The molecule has 0 saturated carbocycles. The van der Waals surface area contributed by atoms with Crippen LogP contribution in [0.1, 0.15) is 51.8 Å². The molecule has 0 radical (unpaired) electrons. The van der Waals surface area contributed by atoms with Crippen LogP contribution in [0.2, 0.25) is 0 Å². The maximum Gasteiger partial charge on any atom is 0.0343 e. The zero-order chi connectivity index (χ0) is 12.8. The minimum Gasteiger partial charge on any atom is -0.310 e. The van der Waals surface area contributed by atoms with Crippen LogP contribution in [0.4, 0.5) is 0 Å². The van der Waals surface area contributed by atoms with Gasteiger partial charge in [0.1, 0.15) is 0 Å². The number of benzene rings is 1. The number of rotatable bonds is 6. The lowest BCUT2D eigenvalue weighted by molar-refractivity contribution is 0.421. The van der Waals surface area contributed by atoms with Crippen molar-refractivity contribution in [3.8, 4) is 0 Å². The normalized spacial score (nSPS) is 13.4. The third kappa shape index (κ3) is 4.51. The van der Waals surface area contributed by atoms with E-state index in [1.54, 1.807) is 0 Å². The van der Waals surface area contributed by atoms with Crippen LogP contribution in [0, 0.1) is 11.8 Å². The van der Waals surface area contributed by atoms with Gasteiger partial charge in [0.15, 0.2) is 0 Å². The second-order valence-electron chi connectivity index (χ2n) is 5.62. The van der Waals surface area contributed by atoms with Crippen molar-refractivity contribution in [2.45, 2.75) is 47.1 Å². The predicted molar refractivity (Wildman–Crippen MR) is 76.2 cm³/mol. The van der Waals surface area contributed by atoms with Crippen LogP contribution in [-0.4, -0.2) is 6.54 Å². The minimum absolute atomic E-state index is 0.479. The van der Waals surface area contributed by atoms with Crippen molar-refractivity contribution in [2.75, 3.05) is 6.54 Å². The van der Waals surface area contributed by atoms with Gasteiger partial charge in [0.2, 0.25) is 0 Å². The molecule has 1 aromatic rings. The van der Waals surface area contributed by atoms with E-state index >= 15 is 0 Å². The van der Waals surface area contributed by atoms with Crippen molar-refractivity contribution in [2.24, 2.45) is 11.8 Å². The van der Waals surface area contributed by atoms with Gasteiger partial charge in [-0.05, 0) is 35.9 Å². The van der Waals surface area contributed by atoms with Crippen LogP contribution >= 0.6 is 0 Å². The van der Waals surface area contributed by atoms with E-state index in [4.69, 9.17) is 0 Å². The van der Waals surface area contributed by atoms with Crippen molar-refractivity contribution in [1.29, 1.82) is 0 Å². The maximum atomic E-state index is 3.58. The first-order valence-electron chi connectivity index (χ1n) is 6.86. The Labute approximate surface area is 107 Å². The molecule has 0 saturated heterocycles. The molecule has 0 aromatic heterocycles. The molecule has 17 heavy (non-hydrogen) atoms. The summed E-state index contributed by atoms with van der Waals surface area (Å²) in [7, 11) is 0. The molecule has 0 bridgehead atoms. The molecule has 0 heterocycles. The first-order chi connectivity index (χ1) is 8.04.